The first kappa shape index (κ1) is 25.5. The number of benzene rings is 3. The maximum atomic E-state index is 12.7. The number of rotatable bonds is 8. The molecule has 0 radical (unpaired) electrons. The van der Waals surface area contributed by atoms with Crippen LogP contribution in [0, 0.1) is 6.92 Å². The van der Waals surface area contributed by atoms with Crippen molar-refractivity contribution >= 4 is 39.5 Å². The quantitative estimate of drug-likeness (QED) is 0.237. The summed E-state index contributed by atoms with van der Waals surface area (Å²) in [4.78, 5) is 24.8. The molecule has 0 saturated heterocycles. The number of halogens is 1. The van der Waals surface area contributed by atoms with E-state index in [1.165, 1.54) is 11.8 Å². The predicted octanol–water partition coefficient (Wildman–Crippen LogP) is 4.71. The number of nitrogens with zero attached hydrogens (tertiary/aromatic N) is 3. The lowest BCUT2D eigenvalue weighted by atomic mass is 10.1. The Morgan fingerprint density at radius 2 is 1.67 bits per heavy atom. The lowest BCUT2D eigenvalue weighted by Gasteiger charge is -2.14. The van der Waals surface area contributed by atoms with Crippen LogP contribution in [0.2, 0.25) is 0 Å². The second-order valence-electron chi connectivity index (χ2n) is 7.88. The summed E-state index contributed by atoms with van der Waals surface area (Å²) in [6.07, 6.45) is 0. The second-order valence-corrected chi connectivity index (χ2v) is 10.1. The minimum absolute atomic E-state index is 0.230. The van der Waals surface area contributed by atoms with Gasteiger partial charge < -0.3 is 4.74 Å². The summed E-state index contributed by atoms with van der Waals surface area (Å²) >= 11 is 4.59. The van der Waals surface area contributed by atoms with Crippen LogP contribution in [0.4, 0.5) is 0 Å². The zero-order valence-corrected chi connectivity index (χ0v) is 22.0. The number of carbonyl (C=O) groups is 2. The Morgan fingerprint density at radius 3 is 2.36 bits per heavy atom. The molecule has 0 spiro atoms. The number of hydrogen-bond donors (Lipinski definition) is 2. The highest BCUT2D eigenvalue weighted by Crippen LogP contribution is 2.30. The summed E-state index contributed by atoms with van der Waals surface area (Å²) in [7, 11) is 0. The number of carbonyl (C=O) groups excluding carboxylic acids is 2. The summed E-state index contributed by atoms with van der Waals surface area (Å²) < 4.78 is 8.25. The Morgan fingerprint density at radius 1 is 0.972 bits per heavy atom. The van der Waals surface area contributed by atoms with Crippen molar-refractivity contribution in [3.05, 3.63) is 88.9 Å². The van der Waals surface area contributed by atoms with E-state index in [1.54, 1.807) is 19.1 Å². The van der Waals surface area contributed by atoms with Crippen molar-refractivity contribution in [2.45, 2.75) is 24.3 Å². The van der Waals surface area contributed by atoms with Crippen molar-refractivity contribution in [2.24, 2.45) is 0 Å². The monoisotopic (exact) mass is 565 g/mol. The first-order chi connectivity index (χ1) is 17.4. The number of aromatic nitrogens is 3. The molecule has 0 aliphatic carbocycles. The van der Waals surface area contributed by atoms with Crippen LogP contribution in [0.25, 0.3) is 17.1 Å². The lowest BCUT2D eigenvalue weighted by molar-refractivity contribution is -0.129. The van der Waals surface area contributed by atoms with Gasteiger partial charge in [0, 0.05) is 15.7 Å². The Hall–Kier alpha value is -3.63. The minimum Gasteiger partial charge on any atom is -0.484 e. The predicted molar refractivity (Wildman–Crippen MR) is 143 cm³/mol. The molecule has 0 fully saturated rings. The van der Waals surface area contributed by atoms with Gasteiger partial charge in [-0.2, -0.15) is 0 Å². The van der Waals surface area contributed by atoms with Gasteiger partial charge in [-0.1, -0.05) is 75.7 Å². The van der Waals surface area contributed by atoms with Gasteiger partial charge in [0.2, 0.25) is 0 Å². The molecule has 0 unspecified atom stereocenters. The average molecular weight is 566 g/mol. The smallest absolute Gasteiger partial charge is 0.276 e. The van der Waals surface area contributed by atoms with Gasteiger partial charge in [0.15, 0.2) is 17.6 Å². The van der Waals surface area contributed by atoms with Crippen LogP contribution < -0.4 is 15.6 Å². The van der Waals surface area contributed by atoms with Gasteiger partial charge in [0.05, 0.1) is 5.25 Å². The Labute approximate surface area is 221 Å². The fourth-order valence-corrected chi connectivity index (χ4v) is 4.34. The molecule has 1 aromatic heterocycles. The van der Waals surface area contributed by atoms with Gasteiger partial charge >= 0.3 is 0 Å². The fraction of sp³-hybridized carbons (Fsp3) is 0.154. The molecule has 2 N–H and O–H groups in total. The van der Waals surface area contributed by atoms with Crippen molar-refractivity contribution in [3.8, 4) is 22.8 Å². The summed E-state index contributed by atoms with van der Waals surface area (Å²) in [6, 6.07) is 24.9. The highest BCUT2D eigenvalue weighted by Gasteiger charge is 2.22. The van der Waals surface area contributed by atoms with E-state index in [1.807, 2.05) is 78.2 Å². The molecule has 0 bridgehead atoms. The minimum atomic E-state index is -0.560. The van der Waals surface area contributed by atoms with Crippen molar-refractivity contribution in [1.82, 2.24) is 25.6 Å². The van der Waals surface area contributed by atoms with E-state index < -0.39 is 11.2 Å². The number of amides is 2. The molecule has 36 heavy (non-hydrogen) atoms. The molecule has 10 heteroatoms. The van der Waals surface area contributed by atoms with Crippen molar-refractivity contribution in [1.29, 1.82) is 0 Å². The first-order valence-electron chi connectivity index (χ1n) is 11.1. The molecule has 0 aliphatic heterocycles. The van der Waals surface area contributed by atoms with Crippen LogP contribution in [-0.4, -0.2) is 38.4 Å². The van der Waals surface area contributed by atoms with E-state index in [4.69, 9.17) is 4.74 Å². The van der Waals surface area contributed by atoms with Gasteiger partial charge in [-0.15, -0.1) is 10.2 Å². The molecular weight excluding hydrogens is 542 g/mol. The molecule has 0 aliphatic rings. The molecule has 8 nitrogen and oxygen atoms in total. The standard InChI is InChI=1S/C26H24BrN5O3S/c1-17-8-10-19(11-9-17)24-29-31-26(32(24)21-6-4-3-5-7-21)36-18(2)25(34)30-28-23(33)16-35-22-14-12-20(27)13-15-22/h3-15,18H,16H2,1-2H3,(H,28,33)(H,30,34)/t18-/m0/s1. The number of aryl methyl sites for hydroxylation is 1. The van der Waals surface area contributed by atoms with Gasteiger partial charge in [-0.25, -0.2) is 0 Å². The van der Waals surface area contributed by atoms with Crippen LogP contribution in [-0.2, 0) is 9.59 Å². The zero-order valence-electron chi connectivity index (χ0n) is 19.6. The third-order valence-electron chi connectivity index (χ3n) is 5.12. The van der Waals surface area contributed by atoms with Crippen LogP contribution >= 0.6 is 27.7 Å². The largest absolute Gasteiger partial charge is 0.484 e. The van der Waals surface area contributed by atoms with Crippen LogP contribution in [0.5, 0.6) is 5.75 Å². The maximum absolute atomic E-state index is 12.7. The van der Waals surface area contributed by atoms with Crippen LogP contribution in [0.3, 0.4) is 0 Å². The Kier molecular flexibility index (Phi) is 8.40. The summed E-state index contributed by atoms with van der Waals surface area (Å²) in [6.45, 7) is 3.53. The van der Waals surface area contributed by atoms with Crippen molar-refractivity contribution in [2.75, 3.05) is 6.61 Å². The second kappa shape index (κ2) is 11.9. The van der Waals surface area contributed by atoms with Gasteiger partial charge in [-0.3, -0.25) is 25.0 Å². The number of hydrazine groups is 1. The summed E-state index contributed by atoms with van der Waals surface area (Å²) in [5.41, 5.74) is 7.78. The Bertz CT molecular complexity index is 1330. The molecule has 184 valence electrons. The third-order valence-corrected chi connectivity index (χ3v) is 6.69. The molecule has 3 aromatic carbocycles. The van der Waals surface area contributed by atoms with Gasteiger partial charge in [0.25, 0.3) is 11.8 Å². The van der Waals surface area contributed by atoms with E-state index in [0.29, 0.717) is 16.7 Å². The van der Waals surface area contributed by atoms with Crippen molar-refractivity contribution in [3.63, 3.8) is 0 Å². The summed E-state index contributed by atoms with van der Waals surface area (Å²) in [5, 5.41) is 8.77. The highest BCUT2D eigenvalue weighted by atomic mass is 79.9. The number of nitrogens with one attached hydrogen (secondary N) is 2. The number of hydrogen-bond acceptors (Lipinski definition) is 6. The molecular formula is C26H24BrN5O3S. The van der Waals surface area contributed by atoms with Gasteiger partial charge in [0.1, 0.15) is 5.75 Å². The average Bonchev–Trinajstić information content (AvgIpc) is 3.31. The molecule has 4 rings (SSSR count). The topological polar surface area (TPSA) is 98.1 Å². The highest BCUT2D eigenvalue weighted by molar-refractivity contribution is 9.10. The normalized spacial score (nSPS) is 11.5. The Balaban J connectivity index is 1.41. The summed E-state index contributed by atoms with van der Waals surface area (Å²) in [5.74, 6) is 0.372. The van der Waals surface area contributed by atoms with Crippen LogP contribution in [0.15, 0.2) is 88.5 Å². The first-order valence-corrected chi connectivity index (χ1v) is 12.8. The zero-order chi connectivity index (χ0) is 25.5. The number of thioether (sulfide) groups is 1. The van der Waals surface area contributed by atoms with E-state index in [2.05, 4.69) is 37.0 Å². The third kappa shape index (κ3) is 6.52. The van der Waals surface area contributed by atoms with Gasteiger partial charge in [-0.05, 0) is 50.2 Å². The molecule has 0 saturated carbocycles. The van der Waals surface area contributed by atoms with Crippen molar-refractivity contribution < 1.29 is 14.3 Å². The molecule has 4 aromatic rings. The molecule has 1 atom stereocenters. The lowest BCUT2D eigenvalue weighted by Crippen LogP contribution is -2.46. The van der Waals surface area contributed by atoms with E-state index in [-0.39, 0.29) is 12.5 Å². The number of para-hydroxylation sites is 1. The molecule has 2 amide bonds. The number of ether oxygens (including phenoxy) is 1. The molecule has 1 heterocycles. The fourth-order valence-electron chi connectivity index (χ4n) is 3.21. The maximum Gasteiger partial charge on any atom is 0.276 e. The van der Waals surface area contributed by atoms with E-state index >= 15 is 0 Å². The van der Waals surface area contributed by atoms with Crippen LogP contribution in [0.1, 0.15) is 12.5 Å². The SMILES string of the molecule is Cc1ccc(-c2nnc(S[C@@H](C)C(=O)NNC(=O)COc3ccc(Br)cc3)n2-c2ccccc2)cc1. The van der Waals surface area contributed by atoms with E-state index in [9.17, 15) is 9.59 Å². The van der Waals surface area contributed by atoms with E-state index in [0.717, 1.165) is 21.3 Å².